The standard InChI is InChI=1S/C19H34N6S.HI/c1-16(24-12-10-23(3)11-13-24)15-21-19(20-2)22-17-6-8-25(9-7-17)18-5-4-14-26-18;/h4-5,14,16-17H,6-13,15H2,1-3H3,(H2,20,21,22);1H. The lowest BCUT2D eigenvalue weighted by Gasteiger charge is -2.37. The van der Waals surface area contributed by atoms with Crippen molar-refractivity contribution in [2.75, 3.05) is 64.8 Å². The highest BCUT2D eigenvalue weighted by atomic mass is 127. The van der Waals surface area contributed by atoms with E-state index < -0.39 is 0 Å². The normalized spacial score (nSPS) is 21.6. The smallest absolute Gasteiger partial charge is 0.191 e. The number of aliphatic imine (C=N–C) groups is 1. The Bertz CT molecular complexity index is 551. The second kappa shape index (κ2) is 11.4. The molecule has 3 heterocycles. The van der Waals surface area contributed by atoms with Crippen molar-refractivity contribution in [2.24, 2.45) is 4.99 Å². The Balaban J connectivity index is 0.00000261. The molecule has 1 atom stereocenters. The van der Waals surface area contributed by atoms with E-state index in [1.807, 2.05) is 18.4 Å². The van der Waals surface area contributed by atoms with Crippen molar-refractivity contribution in [2.45, 2.75) is 31.8 Å². The van der Waals surface area contributed by atoms with Crippen molar-refractivity contribution in [3.05, 3.63) is 17.5 Å². The first-order valence-electron chi connectivity index (χ1n) is 9.84. The molecule has 2 fully saturated rings. The molecule has 0 spiro atoms. The molecule has 3 rings (SSSR count). The maximum atomic E-state index is 4.44. The Kier molecular flexibility index (Phi) is 9.61. The van der Waals surface area contributed by atoms with E-state index in [-0.39, 0.29) is 24.0 Å². The topological polar surface area (TPSA) is 46.1 Å². The van der Waals surface area contributed by atoms with Gasteiger partial charge < -0.3 is 20.4 Å². The van der Waals surface area contributed by atoms with Crippen LogP contribution < -0.4 is 15.5 Å². The fourth-order valence-electron chi connectivity index (χ4n) is 3.72. The molecule has 27 heavy (non-hydrogen) atoms. The summed E-state index contributed by atoms with van der Waals surface area (Å²) in [5.41, 5.74) is 0. The molecule has 0 bridgehead atoms. The van der Waals surface area contributed by atoms with Gasteiger partial charge in [0.05, 0.1) is 5.00 Å². The Morgan fingerprint density at radius 1 is 1.22 bits per heavy atom. The highest BCUT2D eigenvalue weighted by Gasteiger charge is 2.22. The van der Waals surface area contributed by atoms with Gasteiger partial charge in [0, 0.05) is 64.9 Å². The third-order valence-corrected chi connectivity index (χ3v) is 6.53. The van der Waals surface area contributed by atoms with E-state index >= 15 is 0 Å². The van der Waals surface area contributed by atoms with Gasteiger partial charge in [0.15, 0.2) is 5.96 Å². The van der Waals surface area contributed by atoms with Crippen molar-refractivity contribution < 1.29 is 0 Å². The van der Waals surface area contributed by atoms with E-state index in [2.05, 4.69) is 61.8 Å². The summed E-state index contributed by atoms with van der Waals surface area (Å²) in [6.07, 6.45) is 2.32. The number of thiophene rings is 1. The van der Waals surface area contributed by atoms with Crippen molar-refractivity contribution in [1.29, 1.82) is 0 Å². The van der Waals surface area contributed by atoms with Gasteiger partial charge in [-0.2, -0.15) is 0 Å². The SMILES string of the molecule is CN=C(NCC(C)N1CCN(C)CC1)NC1CCN(c2cccs2)CC1.I. The summed E-state index contributed by atoms with van der Waals surface area (Å²) < 4.78 is 0. The summed E-state index contributed by atoms with van der Waals surface area (Å²) >= 11 is 1.84. The van der Waals surface area contributed by atoms with Crippen LogP contribution in [0.15, 0.2) is 22.5 Å². The molecule has 0 saturated carbocycles. The highest BCUT2D eigenvalue weighted by Crippen LogP contribution is 2.24. The molecule has 0 amide bonds. The summed E-state index contributed by atoms with van der Waals surface area (Å²) in [5.74, 6) is 0.945. The molecular formula is C19H35IN6S. The van der Waals surface area contributed by atoms with E-state index in [9.17, 15) is 0 Å². The van der Waals surface area contributed by atoms with Gasteiger partial charge in [-0.05, 0) is 44.3 Å². The van der Waals surface area contributed by atoms with E-state index in [0.717, 1.165) is 51.5 Å². The maximum absolute atomic E-state index is 4.44. The monoisotopic (exact) mass is 506 g/mol. The van der Waals surface area contributed by atoms with E-state index in [4.69, 9.17) is 0 Å². The van der Waals surface area contributed by atoms with Crippen LogP contribution in [0.3, 0.4) is 0 Å². The number of hydrogen-bond acceptors (Lipinski definition) is 5. The van der Waals surface area contributed by atoms with Crippen molar-refractivity contribution in [3.63, 3.8) is 0 Å². The first kappa shape index (κ1) is 22.7. The van der Waals surface area contributed by atoms with Gasteiger partial charge in [-0.25, -0.2) is 0 Å². The molecule has 0 aliphatic carbocycles. The maximum Gasteiger partial charge on any atom is 0.191 e. The number of anilines is 1. The zero-order valence-corrected chi connectivity index (χ0v) is 20.0. The van der Waals surface area contributed by atoms with Gasteiger partial charge in [-0.3, -0.25) is 9.89 Å². The van der Waals surface area contributed by atoms with E-state index in [1.54, 1.807) is 0 Å². The van der Waals surface area contributed by atoms with Gasteiger partial charge in [0.25, 0.3) is 0 Å². The minimum Gasteiger partial charge on any atom is -0.363 e. The molecule has 154 valence electrons. The van der Waals surface area contributed by atoms with Crippen molar-refractivity contribution >= 4 is 46.3 Å². The summed E-state index contributed by atoms with van der Waals surface area (Å²) in [5, 5.41) is 10.7. The third-order valence-electron chi connectivity index (χ3n) is 5.60. The molecule has 2 aliphatic rings. The second-order valence-electron chi connectivity index (χ2n) is 7.50. The number of hydrogen-bond donors (Lipinski definition) is 2. The fourth-order valence-corrected chi connectivity index (χ4v) is 4.50. The molecular weight excluding hydrogens is 471 g/mol. The van der Waals surface area contributed by atoms with Crippen LogP contribution in [-0.2, 0) is 0 Å². The summed E-state index contributed by atoms with van der Waals surface area (Å²) in [7, 11) is 4.08. The predicted molar refractivity (Wildman–Crippen MR) is 128 cm³/mol. The van der Waals surface area contributed by atoms with Crippen LogP contribution in [0.4, 0.5) is 5.00 Å². The lowest BCUT2D eigenvalue weighted by molar-refractivity contribution is 0.120. The second-order valence-corrected chi connectivity index (χ2v) is 8.42. The minimum atomic E-state index is 0. The van der Waals surface area contributed by atoms with Gasteiger partial charge in [0.1, 0.15) is 0 Å². The van der Waals surface area contributed by atoms with E-state index in [0.29, 0.717) is 12.1 Å². The predicted octanol–water partition coefficient (Wildman–Crippen LogP) is 2.14. The molecule has 0 radical (unpaired) electrons. The van der Waals surface area contributed by atoms with Crippen LogP contribution >= 0.6 is 35.3 Å². The Labute approximate surface area is 185 Å². The van der Waals surface area contributed by atoms with Gasteiger partial charge in [-0.15, -0.1) is 35.3 Å². The molecule has 2 aliphatic heterocycles. The molecule has 1 aromatic heterocycles. The number of nitrogens with zero attached hydrogens (tertiary/aromatic N) is 4. The first-order chi connectivity index (χ1) is 12.7. The number of guanidine groups is 1. The Hall–Kier alpha value is -0.580. The average molecular weight is 507 g/mol. The lowest BCUT2D eigenvalue weighted by atomic mass is 10.1. The van der Waals surface area contributed by atoms with Crippen LogP contribution in [0.25, 0.3) is 0 Å². The van der Waals surface area contributed by atoms with Crippen LogP contribution in [-0.4, -0.2) is 87.8 Å². The van der Waals surface area contributed by atoms with Crippen molar-refractivity contribution in [3.8, 4) is 0 Å². The molecule has 2 saturated heterocycles. The molecule has 0 aromatic carbocycles. The lowest BCUT2D eigenvalue weighted by Crippen LogP contribution is -2.54. The largest absolute Gasteiger partial charge is 0.363 e. The molecule has 8 heteroatoms. The quantitative estimate of drug-likeness (QED) is 0.364. The van der Waals surface area contributed by atoms with Crippen LogP contribution in [0.2, 0.25) is 0 Å². The average Bonchev–Trinajstić information content (AvgIpc) is 3.20. The number of nitrogens with one attached hydrogen (secondary N) is 2. The molecule has 1 unspecified atom stereocenters. The first-order valence-corrected chi connectivity index (χ1v) is 10.7. The summed E-state index contributed by atoms with van der Waals surface area (Å²) in [6.45, 7) is 10.1. The van der Waals surface area contributed by atoms with Gasteiger partial charge >= 0.3 is 0 Å². The third kappa shape index (κ3) is 6.76. The summed E-state index contributed by atoms with van der Waals surface area (Å²) in [6, 6.07) is 5.40. The fraction of sp³-hybridized carbons (Fsp3) is 0.737. The minimum absolute atomic E-state index is 0. The van der Waals surface area contributed by atoms with Gasteiger partial charge in [-0.1, -0.05) is 0 Å². The van der Waals surface area contributed by atoms with Crippen LogP contribution in [0.5, 0.6) is 0 Å². The number of likely N-dealkylation sites (N-methyl/N-ethyl adjacent to an activating group) is 1. The van der Waals surface area contributed by atoms with E-state index in [1.165, 1.54) is 18.1 Å². The number of piperazine rings is 1. The van der Waals surface area contributed by atoms with Crippen molar-refractivity contribution in [1.82, 2.24) is 20.4 Å². The van der Waals surface area contributed by atoms with Crippen LogP contribution in [0.1, 0.15) is 19.8 Å². The number of rotatable bonds is 5. The highest BCUT2D eigenvalue weighted by molar-refractivity contribution is 14.0. The number of piperidine rings is 1. The Morgan fingerprint density at radius 3 is 2.52 bits per heavy atom. The molecule has 6 nitrogen and oxygen atoms in total. The van der Waals surface area contributed by atoms with Gasteiger partial charge in [0.2, 0.25) is 0 Å². The van der Waals surface area contributed by atoms with Crippen LogP contribution in [0, 0.1) is 0 Å². The molecule has 1 aromatic rings. The molecule has 2 N–H and O–H groups in total. The zero-order chi connectivity index (χ0) is 18.4. The Morgan fingerprint density at radius 2 is 1.93 bits per heavy atom. The zero-order valence-electron chi connectivity index (χ0n) is 16.9. The number of halogens is 1. The summed E-state index contributed by atoms with van der Waals surface area (Å²) in [4.78, 5) is 11.9.